The Labute approximate surface area is 203 Å². The van der Waals surface area contributed by atoms with Gasteiger partial charge in [-0.05, 0) is 54.8 Å². The molecule has 2 aromatic rings. The van der Waals surface area contributed by atoms with Gasteiger partial charge in [-0.3, -0.25) is 4.99 Å². The summed E-state index contributed by atoms with van der Waals surface area (Å²) in [4.78, 5) is 16.1. The summed E-state index contributed by atoms with van der Waals surface area (Å²) in [6, 6.07) is 15.1. The average Bonchev–Trinajstić information content (AvgIpc) is 3.12. The van der Waals surface area contributed by atoms with Gasteiger partial charge < -0.3 is 9.84 Å². The van der Waals surface area contributed by atoms with E-state index in [0.29, 0.717) is 23.1 Å². The van der Waals surface area contributed by atoms with E-state index in [-0.39, 0.29) is 12.4 Å². The van der Waals surface area contributed by atoms with Crippen LogP contribution in [0.25, 0.3) is 5.70 Å². The molecule has 0 unspecified atom stereocenters. The molecule has 1 heterocycles. The first-order valence-corrected chi connectivity index (χ1v) is 11.2. The molecule has 1 N–H and O–H groups in total. The summed E-state index contributed by atoms with van der Waals surface area (Å²) in [5.74, 6) is -0.418. The van der Waals surface area contributed by atoms with Crippen LogP contribution < -0.4 is 4.74 Å². The van der Waals surface area contributed by atoms with Crippen LogP contribution in [0.15, 0.2) is 101 Å². The largest absolute Gasteiger partial charge is 0.488 e. The molecule has 2 aliphatic rings. The van der Waals surface area contributed by atoms with Crippen LogP contribution in [0.5, 0.6) is 5.75 Å². The molecular weight excluding hydrogens is 450 g/mol. The summed E-state index contributed by atoms with van der Waals surface area (Å²) in [6.07, 6.45) is 13.1. The Balaban J connectivity index is 1.71. The lowest BCUT2D eigenvalue weighted by atomic mass is 10.0. The van der Waals surface area contributed by atoms with Crippen molar-refractivity contribution in [3.05, 3.63) is 107 Å². The summed E-state index contributed by atoms with van der Waals surface area (Å²) < 4.78 is 6.20. The second-order valence-electron chi connectivity index (χ2n) is 7.70. The summed E-state index contributed by atoms with van der Waals surface area (Å²) in [6.45, 7) is 2.03. The maximum Gasteiger partial charge on any atom is 0.351 e. The minimum absolute atomic E-state index is 0.0324. The Kier molecular flexibility index (Phi) is 7.40. The molecule has 0 saturated heterocycles. The fourth-order valence-electron chi connectivity index (χ4n) is 3.48. The molecule has 1 aliphatic heterocycles. The van der Waals surface area contributed by atoms with Crippen LogP contribution in [0.2, 0.25) is 5.02 Å². The number of rotatable bonds is 7. The number of halogens is 1. The lowest BCUT2D eigenvalue weighted by Crippen LogP contribution is -2.25. The molecule has 4 rings (SSSR count). The third kappa shape index (κ3) is 5.71. The first kappa shape index (κ1) is 23.3. The van der Waals surface area contributed by atoms with Crippen molar-refractivity contribution in [3.63, 3.8) is 0 Å². The molecule has 0 fully saturated rings. The van der Waals surface area contributed by atoms with Gasteiger partial charge in [0.2, 0.25) is 0 Å². The quantitative estimate of drug-likeness (QED) is 0.521. The van der Waals surface area contributed by atoms with Gasteiger partial charge in [-0.25, -0.2) is 9.80 Å². The predicted octanol–water partition coefficient (Wildman–Crippen LogP) is 5.73. The van der Waals surface area contributed by atoms with Gasteiger partial charge in [-0.15, -0.1) is 0 Å². The van der Waals surface area contributed by atoms with E-state index < -0.39 is 5.97 Å². The van der Waals surface area contributed by atoms with E-state index in [9.17, 15) is 9.90 Å². The van der Waals surface area contributed by atoms with Crippen LogP contribution in [0.1, 0.15) is 24.5 Å². The summed E-state index contributed by atoms with van der Waals surface area (Å²) in [5, 5.41) is 15.9. The minimum atomic E-state index is -1.09. The smallest absolute Gasteiger partial charge is 0.351 e. The highest BCUT2D eigenvalue weighted by Crippen LogP contribution is 2.32. The highest BCUT2D eigenvalue weighted by Gasteiger charge is 2.22. The van der Waals surface area contributed by atoms with Crippen LogP contribution >= 0.6 is 11.6 Å². The van der Waals surface area contributed by atoms with Crippen molar-refractivity contribution in [2.24, 2.45) is 10.1 Å². The van der Waals surface area contributed by atoms with Crippen molar-refractivity contribution in [2.75, 3.05) is 13.3 Å². The SMILES string of the molecule is C/C(=N\N1CN=C(c2ccc(Cl)cc2)C=C1c1ccccc1OCC1=CC=CCC=C1)C(=O)O. The third-order valence-corrected chi connectivity index (χ3v) is 5.51. The molecule has 34 heavy (non-hydrogen) atoms. The first-order valence-electron chi connectivity index (χ1n) is 10.8. The third-order valence-electron chi connectivity index (χ3n) is 5.25. The molecule has 0 radical (unpaired) electrons. The maximum atomic E-state index is 11.4. The number of nitrogens with zero attached hydrogens (tertiary/aromatic N) is 3. The van der Waals surface area contributed by atoms with E-state index in [1.807, 2.05) is 66.8 Å². The fraction of sp³-hybridized carbons (Fsp3) is 0.148. The Hall–Kier alpha value is -3.90. The average molecular weight is 474 g/mol. The van der Waals surface area contributed by atoms with E-state index in [0.717, 1.165) is 28.8 Å². The van der Waals surface area contributed by atoms with E-state index in [1.165, 1.54) is 6.92 Å². The van der Waals surface area contributed by atoms with E-state index >= 15 is 0 Å². The Bertz CT molecular complexity index is 1250. The second kappa shape index (κ2) is 10.8. The van der Waals surface area contributed by atoms with Gasteiger partial charge in [0.05, 0.1) is 11.4 Å². The van der Waals surface area contributed by atoms with Gasteiger partial charge in [0.15, 0.2) is 0 Å². The maximum absolute atomic E-state index is 11.4. The molecule has 0 bridgehead atoms. The summed E-state index contributed by atoms with van der Waals surface area (Å²) in [5.41, 5.74) is 4.16. The highest BCUT2D eigenvalue weighted by atomic mass is 35.5. The standard InChI is InChI=1S/C27H24ClN3O3/c1-19(27(32)33)30-31-18-29-24(21-12-14-22(28)15-13-21)16-25(31)23-10-6-7-11-26(23)34-17-20-8-4-2-3-5-9-20/h2,4-16H,3,17-18H2,1H3,(H,32,33)/b30-19+. The topological polar surface area (TPSA) is 74.5 Å². The van der Waals surface area contributed by atoms with Crippen molar-refractivity contribution < 1.29 is 14.6 Å². The molecule has 6 nitrogen and oxygen atoms in total. The predicted molar refractivity (Wildman–Crippen MR) is 136 cm³/mol. The number of allylic oxidation sites excluding steroid dienone is 5. The van der Waals surface area contributed by atoms with Crippen LogP contribution in [-0.4, -0.2) is 40.8 Å². The Morgan fingerprint density at radius 2 is 1.97 bits per heavy atom. The molecule has 0 atom stereocenters. The number of hydrogen-bond donors (Lipinski definition) is 1. The monoisotopic (exact) mass is 473 g/mol. The molecule has 2 aromatic carbocycles. The normalized spacial score (nSPS) is 15.9. The molecular formula is C27H24ClN3O3. The number of carboxylic acid groups (broad SMARTS) is 1. The number of carboxylic acids is 1. The van der Waals surface area contributed by atoms with Gasteiger partial charge in [0.25, 0.3) is 0 Å². The van der Waals surface area contributed by atoms with Gasteiger partial charge in [0.1, 0.15) is 24.7 Å². The van der Waals surface area contributed by atoms with Gasteiger partial charge in [0, 0.05) is 10.6 Å². The van der Waals surface area contributed by atoms with E-state index in [2.05, 4.69) is 28.3 Å². The molecule has 0 spiro atoms. The van der Waals surface area contributed by atoms with Crippen LogP contribution in [0.3, 0.4) is 0 Å². The number of hydrogen-bond acceptors (Lipinski definition) is 5. The van der Waals surface area contributed by atoms with Crippen molar-refractivity contribution in [3.8, 4) is 5.75 Å². The number of carbonyl (C=O) groups is 1. The Morgan fingerprint density at radius 1 is 1.18 bits per heavy atom. The molecule has 7 heteroatoms. The lowest BCUT2D eigenvalue weighted by Gasteiger charge is -2.26. The summed E-state index contributed by atoms with van der Waals surface area (Å²) in [7, 11) is 0. The lowest BCUT2D eigenvalue weighted by molar-refractivity contribution is -0.129. The minimum Gasteiger partial charge on any atom is -0.488 e. The molecule has 0 aromatic heterocycles. The van der Waals surface area contributed by atoms with Crippen molar-refractivity contribution in [2.45, 2.75) is 13.3 Å². The Morgan fingerprint density at radius 3 is 2.76 bits per heavy atom. The van der Waals surface area contributed by atoms with Crippen molar-refractivity contribution in [1.82, 2.24) is 5.01 Å². The van der Waals surface area contributed by atoms with E-state index in [4.69, 9.17) is 16.3 Å². The first-order chi connectivity index (χ1) is 16.5. The van der Waals surface area contributed by atoms with Crippen LogP contribution in [0, 0.1) is 0 Å². The highest BCUT2D eigenvalue weighted by molar-refractivity contribution is 6.34. The number of para-hydroxylation sites is 1. The number of benzene rings is 2. The van der Waals surface area contributed by atoms with Crippen molar-refractivity contribution in [1.29, 1.82) is 0 Å². The van der Waals surface area contributed by atoms with Gasteiger partial charge in [-0.2, -0.15) is 5.10 Å². The van der Waals surface area contributed by atoms with Gasteiger partial charge >= 0.3 is 5.97 Å². The van der Waals surface area contributed by atoms with Crippen LogP contribution in [0.4, 0.5) is 0 Å². The molecule has 1 aliphatic carbocycles. The van der Waals surface area contributed by atoms with E-state index in [1.54, 1.807) is 5.01 Å². The number of hydrazone groups is 1. The van der Waals surface area contributed by atoms with Crippen LogP contribution in [-0.2, 0) is 4.79 Å². The second-order valence-corrected chi connectivity index (χ2v) is 8.14. The number of ether oxygens (including phenoxy) is 1. The zero-order chi connectivity index (χ0) is 23.9. The van der Waals surface area contributed by atoms with Gasteiger partial charge in [-0.1, -0.05) is 66.2 Å². The summed E-state index contributed by atoms with van der Waals surface area (Å²) >= 11 is 6.05. The zero-order valence-corrected chi connectivity index (χ0v) is 19.4. The van der Waals surface area contributed by atoms with Crippen molar-refractivity contribution >= 4 is 34.7 Å². The molecule has 0 saturated carbocycles. The zero-order valence-electron chi connectivity index (χ0n) is 18.7. The molecule has 172 valence electrons. The fourth-order valence-corrected chi connectivity index (χ4v) is 3.60. The number of aliphatic imine (C=N–C) groups is 1. The molecule has 0 amide bonds. The number of aliphatic carboxylic acids is 1.